The molecule has 0 saturated heterocycles. The van der Waals surface area contributed by atoms with Gasteiger partial charge in [0.05, 0.1) is 6.20 Å². The molecule has 0 aliphatic carbocycles. The molecule has 4 nitrogen and oxygen atoms in total. The maximum absolute atomic E-state index is 12.2. The van der Waals surface area contributed by atoms with Crippen molar-refractivity contribution in [3.63, 3.8) is 0 Å². The van der Waals surface area contributed by atoms with Crippen LogP contribution in [0.25, 0.3) is 0 Å². The summed E-state index contributed by atoms with van der Waals surface area (Å²) in [5.74, 6) is 0. The van der Waals surface area contributed by atoms with Gasteiger partial charge in [-0.25, -0.2) is 0 Å². The van der Waals surface area contributed by atoms with E-state index in [1.54, 1.807) is 12.3 Å². The van der Waals surface area contributed by atoms with Crippen LogP contribution in [0, 0.1) is 0 Å². The molecule has 0 saturated carbocycles. The maximum atomic E-state index is 12.2. The summed E-state index contributed by atoms with van der Waals surface area (Å²) in [6.07, 6.45) is 1.56. The zero-order valence-electron chi connectivity index (χ0n) is 18.5. The highest BCUT2D eigenvalue weighted by molar-refractivity contribution is 5.50. The zero-order chi connectivity index (χ0) is 23.4. The van der Waals surface area contributed by atoms with Crippen LogP contribution in [0.15, 0.2) is 134 Å². The molecule has 0 aliphatic rings. The Labute approximate surface area is 198 Å². The number of hydrogen-bond donors (Lipinski definition) is 2. The van der Waals surface area contributed by atoms with E-state index in [-0.39, 0.29) is 0 Å². The lowest BCUT2D eigenvalue weighted by molar-refractivity contribution is 0.113. The summed E-state index contributed by atoms with van der Waals surface area (Å²) in [7, 11) is 0. The first-order valence-corrected chi connectivity index (χ1v) is 11.1. The molecule has 0 radical (unpaired) electrons. The number of rotatable bonds is 6. The summed E-state index contributed by atoms with van der Waals surface area (Å²) in [6.45, 7) is 0. The van der Waals surface area contributed by atoms with Crippen LogP contribution in [0.2, 0.25) is 0 Å². The van der Waals surface area contributed by atoms with E-state index in [2.05, 4.69) is 10.2 Å². The first-order valence-electron chi connectivity index (χ1n) is 11.1. The molecule has 0 bridgehead atoms. The van der Waals surface area contributed by atoms with Crippen molar-refractivity contribution in [3.05, 3.63) is 167 Å². The van der Waals surface area contributed by atoms with Crippen LogP contribution in [0.3, 0.4) is 0 Å². The SMILES string of the molecule is OC(c1ccccc1)(c1ccccc1)c1cnnc(C(O)(c2ccccc2)c2ccccc2)c1. The van der Waals surface area contributed by atoms with Gasteiger partial charge in [0.1, 0.15) is 11.3 Å². The second-order valence-electron chi connectivity index (χ2n) is 8.21. The molecular weight excluding hydrogens is 420 g/mol. The van der Waals surface area contributed by atoms with Crippen molar-refractivity contribution in [2.24, 2.45) is 0 Å². The number of nitrogens with zero attached hydrogens (tertiary/aromatic N) is 2. The number of hydrogen-bond acceptors (Lipinski definition) is 4. The predicted molar refractivity (Wildman–Crippen MR) is 132 cm³/mol. The smallest absolute Gasteiger partial charge is 0.159 e. The molecule has 0 fully saturated rings. The molecule has 0 amide bonds. The van der Waals surface area contributed by atoms with Crippen molar-refractivity contribution in [1.29, 1.82) is 0 Å². The van der Waals surface area contributed by atoms with Crippen molar-refractivity contribution in [2.45, 2.75) is 11.2 Å². The van der Waals surface area contributed by atoms with Gasteiger partial charge < -0.3 is 10.2 Å². The summed E-state index contributed by atoms with van der Waals surface area (Å²) < 4.78 is 0. The molecular formula is C30H24N2O2. The highest BCUT2D eigenvalue weighted by Crippen LogP contribution is 2.40. The summed E-state index contributed by atoms with van der Waals surface area (Å²) >= 11 is 0. The maximum Gasteiger partial charge on any atom is 0.159 e. The van der Waals surface area contributed by atoms with Gasteiger partial charge >= 0.3 is 0 Å². The van der Waals surface area contributed by atoms with Gasteiger partial charge in [-0.15, -0.1) is 0 Å². The Kier molecular flexibility index (Phi) is 5.76. The van der Waals surface area contributed by atoms with Crippen LogP contribution in [-0.2, 0) is 11.2 Å². The van der Waals surface area contributed by atoms with Gasteiger partial charge in [0.2, 0.25) is 0 Å². The summed E-state index contributed by atoms with van der Waals surface area (Å²) in [6, 6.07) is 39.4. The first-order chi connectivity index (χ1) is 16.6. The Morgan fingerprint density at radius 3 is 1.18 bits per heavy atom. The number of aliphatic hydroxyl groups is 2. The standard InChI is InChI=1S/C30H24N2O2/c33-29(23-13-5-1-6-14-23,24-15-7-2-8-16-24)27-21-28(32-31-22-27)30(34,25-17-9-3-10-18-25)26-19-11-4-12-20-26/h1-22,33-34H. The molecule has 0 atom stereocenters. The van der Waals surface area contributed by atoms with E-state index in [9.17, 15) is 10.2 Å². The van der Waals surface area contributed by atoms with Crippen molar-refractivity contribution in [1.82, 2.24) is 10.2 Å². The third kappa shape index (κ3) is 3.69. The Balaban J connectivity index is 1.74. The predicted octanol–water partition coefficient (Wildman–Crippen LogP) is 5.05. The fourth-order valence-corrected chi connectivity index (χ4v) is 4.42. The molecule has 2 N–H and O–H groups in total. The molecule has 5 aromatic rings. The summed E-state index contributed by atoms with van der Waals surface area (Å²) in [5.41, 5.74) is 0.520. The molecule has 0 unspecified atom stereocenters. The topological polar surface area (TPSA) is 66.2 Å². The fraction of sp³-hybridized carbons (Fsp3) is 0.0667. The van der Waals surface area contributed by atoms with Crippen LogP contribution >= 0.6 is 0 Å². The van der Waals surface area contributed by atoms with Gasteiger partial charge in [-0.2, -0.15) is 10.2 Å². The van der Waals surface area contributed by atoms with E-state index in [4.69, 9.17) is 0 Å². The molecule has 34 heavy (non-hydrogen) atoms. The van der Waals surface area contributed by atoms with E-state index in [0.29, 0.717) is 33.5 Å². The lowest BCUT2D eigenvalue weighted by Crippen LogP contribution is -2.33. The normalized spacial score (nSPS) is 11.8. The highest BCUT2D eigenvalue weighted by Gasteiger charge is 2.39. The zero-order valence-corrected chi connectivity index (χ0v) is 18.5. The largest absolute Gasteiger partial charge is 0.376 e. The van der Waals surface area contributed by atoms with Crippen molar-refractivity contribution >= 4 is 0 Å². The molecule has 0 aliphatic heterocycles. The molecule has 166 valence electrons. The second-order valence-corrected chi connectivity index (χ2v) is 8.21. The van der Waals surface area contributed by atoms with Crippen molar-refractivity contribution < 1.29 is 10.2 Å². The van der Waals surface area contributed by atoms with Crippen LogP contribution in [-0.4, -0.2) is 20.4 Å². The third-order valence-electron chi connectivity index (χ3n) is 6.21. The molecule has 0 spiro atoms. The van der Waals surface area contributed by atoms with Crippen molar-refractivity contribution in [2.75, 3.05) is 0 Å². The summed E-state index contributed by atoms with van der Waals surface area (Å²) in [4.78, 5) is 0. The fourth-order valence-electron chi connectivity index (χ4n) is 4.42. The molecule has 5 rings (SSSR count). The van der Waals surface area contributed by atoms with E-state index in [1.807, 2.05) is 121 Å². The average molecular weight is 445 g/mol. The number of aromatic nitrogens is 2. The minimum Gasteiger partial charge on any atom is -0.376 e. The van der Waals surface area contributed by atoms with Crippen molar-refractivity contribution in [3.8, 4) is 0 Å². The molecule has 1 heterocycles. The van der Waals surface area contributed by atoms with Crippen LogP contribution < -0.4 is 0 Å². The summed E-state index contributed by atoms with van der Waals surface area (Å²) in [5, 5.41) is 33.0. The van der Waals surface area contributed by atoms with Crippen LogP contribution in [0.1, 0.15) is 33.5 Å². The van der Waals surface area contributed by atoms with E-state index < -0.39 is 11.2 Å². The Morgan fingerprint density at radius 2 is 0.794 bits per heavy atom. The van der Waals surface area contributed by atoms with Crippen LogP contribution in [0.4, 0.5) is 0 Å². The van der Waals surface area contributed by atoms with Gasteiger partial charge in [-0.3, -0.25) is 0 Å². The van der Waals surface area contributed by atoms with Gasteiger partial charge in [-0.1, -0.05) is 121 Å². The second kappa shape index (κ2) is 9.02. The van der Waals surface area contributed by atoms with Gasteiger partial charge in [-0.05, 0) is 28.3 Å². The van der Waals surface area contributed by atoms with Gasteiger partial charge in [0.15, 0.2) is 5.60 Å². The minimum atomic E-state index is -1.56. The van der Waals surface area contributed by atoms with Gasteiger partial charge in [0.25, 0.3) is 0 Å². The minimum absolute atomic E-state index is 0.327. The lowest BCUT2D eigenvalue weighted by atomic mass is 9.78. The lowest BCUT2D eigenvalue weighted by Gasteiger charge is -2.32. The molecule has 4 aromatic carbocycles. The third-order valence-corrected chi connectivity index (χ3v) is 6.21. The molecule has 4 heteroatoms. The Bertz CT molecular complexity index is 1180. The molecule has 1 aromatic heterocycles. The monoisotopic (exact) mass is 444 g/mol. The van der Waals surface area contributed by atoms with Crippen LogP contribution in [0.5, 0.6) is 0 Å². The average Bonchev–Trinajstić information content (AvgIpc) is 2.94. The van der Waals surface area contributed by atoms with E-state index >= 15 is 0 Å². The highest BCUT2D eigenvalue weighted by atomic mass is 16.3. The van der Waals surface area contributed by atoms with E-state index in [0.717, 1.165) is 0 Å². The Hall–Kier alpha value is -4.12. The number of benzene rings is 4. The van der Waals surface area contributed by atoms with Gasteiger partial charge in [0, 0.05) is 5.56 Å². The van der Waals surface area contributed by atoms with E-state index in [1.165, 1.54) is 0 Å². The Morgan fingerprint density at radius 1 is 0.441 bits per heavy atom. The first kappa shape index (κ1) is 21.7. The quantitative estimate of drug-likeness (QED) is 0.385.